The largest absolute Gasteiger partial charge is 0.484 e. The summed E-state index contributed by atoms with van der Waals surface area (Å²) in [6.45, 7) is -0.247. The summed E-state index contributed by atoms with van der Waals surface area (Å²) in [5.41, 5.74) is 0.820. The average molecular weight is 493 g/mol. The van der Waals surface area contributed by atoms with Crippen LogP contribution in [0.4, 0.5) is 0 Å². The van der Waals surface area contributed by atoms with Crippen molar-refractivity contribution in [2.45, 2.75) is 22.3 Å². The molecule has 5 rings (SSSR count). The molecule has 2 aromatic heterocycles. The van der Waals surface area contributed by atoms with Crippen LogP contribution in [0, 0.1) is 0 Å². The molecule has 1 aliphatic heterocycles. The van der Waals surface area contributed by atoms with E-state index in [1.165, 1.54) is 29.3 Å². The van der Waals surface area contributed by atoms with Crippen LogP contribution < -0.4 is 4.74 Å². The summed E-state index contributed by atoms with van der Waals surface area (Å²) in [6.07, 6.45) is 2.12. The van der Waals surface area contributed by atoms with Gasteiger partial charge in [0.15, 0.2) is 6.61 Å². The Bertz CT molecular complexity index is 1400. The van der Waals surface area contributed by atoms with Crippen molar-refractivity contribution in [2.24, 2.45) is 5.10 Å². The maximum absolute atomic E-state index is 13.0. The minimum atomic E-state index is -3.62. The third-order valence-corrected chi connectivity index (χ3v) is 8.10. The van der Waals surface area contributed by atoms with Gasteiger partial charge in [0, 0.05) is 6.42 Å². The van der Waals surface area contributed by atoms with Gasteiger partial charge in [-0.1, -0.05) is 24.3 Å². The van der Waals surface area contributed by atoms with Gasteiger partial charge in [-0.3, -0.25) is 4.79 Å². The fraction of sp³-hybridized carbons (Fsp3) is 0.120. The second-order valence-electron chi connectivity index (χ2n) is 7.57. The van der Waals surface area contributed by atoms with E-state index in [-0.39, 0.29) is 28.3 Å². The van der Waals surface area contributed by atoms with E-state index in [1.807, 2.05) is 23.6 Å². The van der Waals surface area contributed by atoms with Crippen molar-refractivity contribution in [1.29, 1.82) is 0 Å². The van der Waals surface area contributed by atoms with Crippen LogP contribution in [0.25, 0.3) is 0 Å². The molecule has 0 saturated heterocycles. The van der Waals surface area contributed by atoms with Gasteiger partial charge in [-0.25, -0.2) is 13.4 Å². The van der Waals surface area contributed by atoms with Crippen LogP contribution in [0.3, 0.4) is 0 Å². The number of ether oxygens (including phenoxy) is 1. The first kappa shape index (κ1) is 22.1. The monoisotopic (exact) mass is 492 g/mol. The highest BCUT2D eigenvalue weighted by molar-refractivity contribution is 7.91. The Morgan fingerprint density at radius 3 is 2.44 bits per heavy atom. The molecule has 0 aliphatic carbocycles. The fourth-order valence-electron chi connectivity index (χ4n) is 3.70. The number of carbonyl (C=O) groups is 1. The van der Waals surface area contributed by atoms with Crippen molar-refractivity contribution < 1.29 is 22.4 Å². The zero-order chi connectivity index (χ0) is 23.5. The summed E-state index contributed by atoms with van der Waals surface area (Å²) in [7, 11) is -3.62. The Morgan fingerprint density at radius 2 is 1.76 bits per heavy atom. The van der Waals surface area contributed by atoms with Gasteiger partial charge in [-0.05, 0) is 60.0 Å². The topological polar surface area (TPSA) is 89.2 Å². The van der Waals surface area contributed by atoms with Crippen LogP contribution in [-0.2, 0) is 14.6 Å². The minimum absolute atomic E-state index is 0.153. The molecule has 2 aromatic carbocycles. The van der Waals surface area contributed by atoms with Crippen LogP contribution in [0.1, 0.15) is 23.1 Å². The smallest absolute Gasteiger partial charge is 0.281 e. The molecule has 0 bridgehead atoms. The van der Waals surface area contributed by atoms with Crippen LogP contribution in [0.5, 0.6) is 5.75 Å². The quantitative estimate of drug-likeness (QED) is 0.365. The number of nitrogens with zero attached hydrogens (tertiary/aromatic N) is 2. The molecule has 1 unspecified atom stereocenters. The van der Waals surface area contributed by atoms with Crippen molar-refractivity contribution >= 4 is 32.8 Å². The second-order valence-corrected chi connectivity index (χ2v) is 10.5. The molecule has 4 aromatic rings. The van der Waals surface area contributed by atoms with E-state index in [0.29, 0.717) is 17.9 Å². The highest BCUT2D eigenvalue weighted by Crippen LogP contribution is 2.34. The van der Waals surface area contributed by atoms with Crippen molar-refractivity contribution in [3.8, 4) is 5.75 Å². The molecule has 7 nitrogen and oxygen atoms in total. The maximum atomic E-state index is 13.0. The number of carbonyl (C=O) groups excluding carboxylic acids is 1. The predicted molar refractivity (Wildman–Crippen MR) is 128 cm³/mol. The molecular weight excluding hydrogens is 472 g/mol. The second kappa shape index (κ2) is 9.28. The Hall–Kier alpha value is -3.69. The van der Waals surface area contributed by atoms with Gasteiger partial charge in [0.2, 0.25) is 9.84 Å². The number of hydrazone groups is 1. The van der Waals surface area contributed by atoms with E-state index < -0.39 is 9.84 Å². The number of hydrogen-bond donors (Lipinski definition) is 0. The first-order valence-corrected chi connectivity index (χ1v) is 12.9. The zero-order valence-electron chi connectivity index (χ0n) is 17.9. The lowest BCUT2D eigenvalue weighted by molar-refractivity contribution is -0.135. The lowest BCUT2D eigenvalue weighted by Crippen LogP contribution is -2.31. The summed E-state index contributed by atoms with van der Waals surface area (Å²) in [6, 6.07) is 21.4. The van der Waals surface area contributed by atoms with Gasteiger partial charge < -0.3 is 9.15 Å². The van der Waals surface area contributed by atoms with Crippen molar-refractivity contribution in [1.82, 2.24) is 5.01 Å². The first-order chi connectivity index (χ1) is 16.5. The third kappa shape index (κ3) is 4.40. The number of sulfone groups is 1. The van der Waals surface area contributed by atoms with Crippen LogP contribution in [-0.4, -0.2) is 31.7 Å². The summed E-state index contributed by atoms with van der Waals surface area (Å²) < 4.78 is 36.7. The maximum Gasteiger partial charge on any atom is 0.281 e. The van der Waals surface area contributed by atoms with Crippen LogP contribution in [0.15, 0.2) is 110 Å². The van der Waals surface area contributed by atoms with E-state index >= 15 is 0 Å². The van der Waals surface area contributed by atoms with E-state index in [1.54, 1.807) is 54.0 Å². The number of benzene rings is 2. The molecule has 0 N–H and O–H groups in total. The van der Waals surface area contributed by atoms with Gasteiger partial charge >= 0.3 is 0 Å². The van der Waals surface area contributed by atoms with Crippen molar-refractivity contribution in [2.75, 3.05) is 6.61 Å². The Morgan fingerprint density at radius 1 is 1.00 bits per heavy atom. The third-order valence-electron chi connectivity index (χ3n) is 5.39. The van der Waals surface area contributed by atoms with Crippen LogP contribution in [0.2, 0.25) is 0 Å². The number of thiophene rings is 1. The average Bonchev–Trinajstić information content (AvgIpc) is 3.64. The molecule has 0 fully saturated rings. The molecule has 34 heavy (non-hydrogen) atoms. The summed E-state index contributed by atoms with van der Waals surface area (Å²) in [5.74, 6) is 0.713. The Kier molecular flexibility index (Phi) is 6.04. The molecule has 172 valence electrons. The Balaban J connectivity index is 1.29. The van der Waals surface area contributed by atoms with E-state index in [9.17, 15) is 13.2 Å². The van der Waals surface area contributed by atoms with E-state index in [0.717, 1.165) is 10.6 Å². The molecule has 0 saturated carbocycles. The molecule has 1 aliphatic rings. The van der Waals surface area contributed by atoms with Gasteiger partial charge in [0.05, 0.1) is 26.6 Å². The summed E-state index contributed by atoms with van der Waals surface area (Å²) >= 11 is 1.57. The fourth-order valence-corrected chi connectivity index (χ4v) is 5.70. The first-order valence-electron chi connectivity index (χ1n) is 10.5. The SMILES string of the molecule is O=C(COc1ccc(S(=O)(=O)c2ccccc2)cc1)N1N=C(c2cccs2)CC1c1ccco1. The van der Waals surface area contributed by atoms with Gasteiger partial charge in [0.1, 0.15) is 17.6 Å². The lowest BCUT2D eigenvalue weighted by atomic mass is 10.1. The highest BCUT2D eigenvalue weighted by atomic mass is 32.2. The van der Waals surface area contributed by atoms with E-state index in [4.69, 9.17) is 9.15 Å². The van der Waals surface area contributed by atoms with Gasteiger partial charge in [0.25, 0.3) is 5.91 Å². The highest BCUT2D eigenvalue weighted by Gasteiger charge is 2.35. The standard InChI is InChI=1S/C25H20N2O5S2/c28-25(27-22(23-8-4-14-31-23)16-21(26-27)24-9-5-15-33-24)17-32-18-10-12-20(13-11-18)34(29,30)19-6-2-1-3-7-19/h1-15,22H,16-17H2. The number of hydrogen-bond acceptors (Lipinski definition) is 7. The molecule has 3 heterocycles. The molecular formula is C25H20N2O5S2. The molecule has 1 atom stereocenters. The lowest BCUT2D eigenvalue weighted by Gasteiger charge is -2.20. The summed E-state index contributed by atoms with van der Waals surface area (Å²) in [5, 5.41) is 7.92. The molecule has 9 heteroatoms. The van der Waals surface area contributed by atoms with Crippen molar-refractivity contribution in [3.05, 3.63) is 101 Å². The van der Waals surface area contributed by atoms with Gasteiger partial charge in [-0.2, -0.15) is 5.10 Å². The minimum Gasteiger partial charge on any atom is -0.484 e. The molecule has 1 amide bonds. The normalized spacial score (nSPS) is 15.8. The predicted octanol–water partition coefficient (Wildman–Crippen LogP) is 4.93. The van der Waals surface area contributed by atoms with Crippen molar-refractivity contribution in [3.63, 3.8) is 0 Å². The Labute approximate surface area is 200 Å². The number of amides is 1. The van der Waals surface area contributed by atoms with Gasteiger partial charge in [-0.15, -0.1) is 11.3 Å². The molecule has 0 spiro atoms. The molecule has 0 radical (unpaired) electrons. The van der Waals surface area contributed by atoms with E-state index in [2.05, 4.69) is 5.10 Å². The number of furan rings is 1. The van der Waals surface area contributed by atoms with Crippen LogP contribution >= 0.6 is 11.3 Å². The number of rotatable bonds is 7. The summed E-state index contributed by atoms with van der Waals surface area (Å²) in [4.78, 5) is 14.4. The zero-order valence-corrected chi connectivity index (χ0v) is 19.5.